The first-order chi connectivity index (χ1) is 11.3. The second kappa shape index (κ2) is 5.92. The summed E-state index contributed by atoms with van der Waals surface area (Å²) in [5, 5.41) is 22.2. The number of nitrogens with one attached hydrogen (secondary N) is 2. The SMILES string of the molecule is C[C@@H](N[C@H]1CCc2[nH]ncc2C1)c1ccc(-n2cnnn2)cc1. The Morgan fingerprint density at radius 2 is 2.17 bits per heavy atom. The van der Waals surface area contributed by atoms with Gasteiger partial charge in [0, 0.05) is 17.8 Å². The zero-order chi connectivity index (χ0) is 15.6. The summed E-state index contributed by atoms with van der Waals surface area (Å²) in [5.74, 6) is 0. The Labute approximate surface area is 134 Å². The maximum absolute atomic E-state index is 4.14. The van der Waals surface area contributed by atoms with E-state index in [0.717, 1.165) is 24.9 Å². The molecule has 118 valence electrons. The van der Waals surface area contributed by atoms with Gasteiger partial charge in [0.05, 0.1) is 11.9 Å². The van der Waals surface area contributed by atoms with Crippen LogP contribution >= 0.6 is 0 Å². The Balaban J connectivity index is 1.42. The van der Waals surface area contributed by atoms with Crippen LogP contribution in [0, 0.1) is 0 Å². The lowest BCUT2D eigenvalue weighted by atomic mass is 9.92. The first kappa shape index (κ1) is 14.1. The van der Waals surface area contributed by atoms with Crippen LogP contribution in [0.3, 0.4) is 0 Å². The number of nitrogens with zero attached hydrogens (tertiary/aromatic N) is 5. The molecule has 2 heterocycles. The zero-order valence-corrected chi connectivity index (χ0v) is 13.0. The number of hydrogen-bond acceptors (Lipinski definition) is 5. The number of aryl methyl sites for hydroxylation is 1. The van der Waals surface area contributed by atoms with Gasteiger partial charge in [-0.3, -0.25) is 5.10 Å². The molecular weight excluding hydrogens is 290 g/mol. The normalized spacial score (nSPS) is 18.6. The molecule has 7 nitrogen and oxygen atoms in total. The van der Waals surface area contributed by atoms with Gasteiger partial charge in [0.15, 0.2) is 0 Å². The van der Waals surface area contributed by atoms with E-state index in [1.807, 2.05) is 18.3 Å². The van der Waals surface area contributed by atoms with E-state index in [9.17, 15) is 0 Å². The molecule has 0 saturated heterocycles. The average Bonchev–Trinajstić information content (AvgIpc) is 3.26. The molecule has 1 aliphatic carbocycles. The van der Waals surface area contributed by atoms with Crippen LogP contribution in [0.4, 0.5) is 0 Å². The summed E-state index contributed by atoms with van der Waals surface area (Å²) in [6, 6.07) is 9.13. The van der Waals surface area contributed by atoms with E-state index in [0.29, 0.717) is 12.1 Å². The van der Waals surface area contributed by atoms with Crippen LogP contribution in [0.25, 0.3) is 5.69 Å². The molecule has 0 unspecified atom stereocenters. The van der Waals surface area contributed by atoms with Crippen LogP contribution in [0.5, 0.6) is 0 Å². The molecule has 4 rings (SSSR count). The molecule has 0 spiro atoms. The minimum atomic E-state index is 0.302. The van der Waals surface area contributed by atoms with Crippen LogP contribution < -0.4 is 5.32 Å². The Morgan fingerprint density at radius 1 is 1.30 bits per heavy atom. The quantitative estimate of drug-likeness (QED) is 0.764. The lowest BCUT2D eigenvalue weighted by Gasteiger charge is -2.26. The molecule has 2 atom stereocenters. The molecule has 0 saturated carbocycles. The molecule has 0 bridgehead atoms. The van der Waals surface area contributed by atoms with Crippen molar-refractivity contribution in [3.8, 4) is 5.69 Å². The summed E-state index contributed by atoms with van der Waals surface area (Å²) < 4.78 is 1.66. The maximum atomic E-state index is 4.14. The number of aromatic amines is 1. The molecule has 23 heavy (non-hydrogen) atoms. The number of aromatic nitrogens is 6. The van der Waals surface area contributed by atoms with Crippen molar-refractivity contribution in [3.05, 3.63) is 53.6 Å². The third-order valence-corrected chi connectivity index (χ3v) is 4.51. The minimum absolute atomic E-state index is 0.302. The van der Waals surface area contributed by atoms with Gasteiger partial charge in [0.1, 0.15) is 6.33 Å². The first-order valence-electron chi connectivity index (χ1n) is 7.90. The average molecular weight is 309 g/mol. The fraction of sp³-hybridized carbons (Fsp3) is 0.375. The van der Waals surface area contributed by atoms with Gasteiger partial charge in [-0.25, -0.2) is 4.68 Å². The number of fused-ring (bicyclic) bond motifs is 1. The summed E-state index contributed by atoms with van der Waals surface area (Å²) in [5.41, 5.74) is 4.86. The van der Waals surface area contributed by atoms with Crippen molar-refractivity contribution >= 4 is 0 Å². The van der Waals surface area contributed by atoms with Gasteiger partial charge >= 0.3 is 0 Å². The zero-order valence-electron chi connectivity index (χ0n) is 13.0. The summed E-state index contributed by atoms with van der Waals surface area (Å²) in [6.07, 6.45) is 6.80. The molecule has 3 aromatic rings. The molecule has 0 radical (unpaired) electrons. The van der Waals surface area contributed by atoms with Crippen molar-refractivity contribution in [3.63, 3.8) is 0 Å². The summed E-state index contributed by atoms with van der Waals surface area (Å²) in [6.45, 7) is 2.21. The topological polar surface area (TPSA) is 84.3 Å². The largest absolute Gasteiger partial charge is 0.307 e. The molecule has 2 aromatic heterocycles. The summed E-state index contributed by atoms with van der Waals surface area (Å²) >= 11 is 0. The second-order valence-corrected chi connectivity index (χ2v) is 6.05. The number of tetrazole rings is 1. The van der Waals surface area contributed by atoms with E-state index in [1.54, 1.807) is 11.0 Å². The monoisotopic (exact) mass is 309 g/mol. The predicted molar refractivity (Wildman–Crippen MR) is 85.1 cm³/mol. The number of hydrogen-bond donors (Lipinski definition) is 2. The Bertz CT molecular complexity index is 760. The van der Waals surface area contributed by atoms with Crippen molar-refractivity contribution in [1.29, 1.82) is 0 Å². The van der Waals surface area contributed by atoms with Crippen molar-refractivity contribution in [2.24, 2.45) is 0 Å². The molecule has 0 amide bonds. The van der Waals surface area contributed by atoms with Gasteiger partial charge in [0.25, 0.3) is 0 Å². The molecule has 1 aromatic carbocycles. The fourth-order valence-corrected chi connectivity index (χ4v) is 3.20. The maximum Gasteiger partial charge on any atom is 0.143 e. The van der Waals surface area contributed by atoms with Crippen LogP contribution in [0.1, 0.15) is 36.2 Å². The first-order valence-corrected chi connectivity index (χ1v) is 7.90. The van der Waals surface area contributed by atoms with Crippen LogP contribution in [-0.2, 0) is 12.8 Å². The van der Waals surface area contributed by atoms with Crippen LogP contribution in [0.15, 0.2) is 36.8 Å². The fourth-order valence-electron chi connectivity index (χ4n) is 3.20. The van der Waals surface area contributed by atoms with E-state index in [-0.39, 0.29) is 0 Å². The molecular formula is C16H19N7. The van der Waals surface area contributed by atoms with E-state index in [1.165, 1.54) is 16.8 Å². The van der Waals surface area contributed by atoms with Crippen LogP contribution in [0.2, 0.25) is 0 Å². The third-order valence-electron chi connectivity index (χ3n) is 4.51. The molecule has 1 aliphatic rings. The van der Waals surface area contributed by atoms with Crippen LogP contribution in [-0.4, -0.2) is 36.4 Å². The van der Waals surface area contributed by atoms with Gasteiger partial charge in [-0.05, 0) is 59.9 Å². The summed E-state index contributed by atoms with van der Waals surface area (Å²) in [4.78, 5) is 0. The number of benzene rings is 1. The number of H-pyrrole nitrogens is 1. The standard InChI is InChI=1S/C16H19N7/c1-11(19-14-4-7-16-13(8-14)9-17-20-16)12-2-5-15(6-3-12)23-10-18-21-22-23/h2-3,5-6,9-11,14,19H,4,7-8H2,1H3,(H,17,20)/t11-,14+/m1/s1. The van der Waals surface area contributed by atoms with Crippen molar-refractivity contribution in [1.82, 2.24) is 35.7 Å². The van der Waals surface area contributed by atoms with Crippen molar-refractivity contribution in [2.45, 2.75) is 38.3 Å². The third kappa shape index (κ3) is 2.87. The van der Waals surface area contributed by atoms with Gasteiger partial charge in [-0.2, -0.15) is 5.10 Å². The lowest BCUT2D eigenvalue weighted by molar-refractivity contribution is 0.412. The van der Waals surface area contributed by atoms with Gasteiger partial charge in [0.2, 0.25) is 0 Å². The van der Waals surface area contributed by atoms with E-state index < -0.39 is 0 Å². The highest BCUT2D eigenvalue weighted by atomic mass is 15.5. The second-order valence-electron chi connectivity index (χ2n) is 6.05. The molecule has 2 N–H and O–H groups in total. The highest BCUT2D eigenvalue weighted by molar-refractivity contribution is 5.34. The number of rotatable bonds is 4. The Hall–Kier alpha value is -2.54. The van der Waals surface area contributed by atoms with E-state index in [2.05, 4.69) is 50.1 Å². The smallest absolute Gasteiger partial charge is 0.143 e. The molecule has 0 fully saturated rings. The highest BCUT2D eigenvalue weighted by Gasteiger charge is 2.21. The van der Waals surface area contributed by atoms with Gasteiger partial charge in [-0.15, -0.1) is 5.10 Å². The highest BCUT2D eigenvalue weighted by Crippen LogP contribution is 2.22. The van der Waals surface area contributed by atoms with E-state index >= 15 is 0 Å². The molecule has 0 aliphatic heterocycles. The Morgan fingerprint density at radius 3 is 2.96 bits per heavy atom. The van der Waals surface area contributed by atoms with Gasteiger partial charge < -0.3 is 5.32 Å². The van der Waals surface area contributed by atoms with Crippen molar-refractivity contribution in [2.75, 3.05) is 0 Å². The summed E-state index contributed by atoms with van der Waals surface area (Å²) in [7, 11) is 0. The minimum Gasteiger partial charge on any atom is -0.307 e. The van der Waals surface area contributed by atoms with E-state index in [4.69, 9.17) is 0 Å². The lowest BCUT2D eigenvalue weighted by Crippen LogP contribution is -2.36. The van der Waals surface area contributed by atoms with Crippen molar-refractivity contribution < 1.29 is 0 Å². The van der Waals surface area contributed by atoms with Gasteiger partial charge in [-0.1, -0.05) is 12.1 Å². The predicted octanol–water partition coefficient (Wildman–Crippen LogP) is 1.59. The Kier molecular flexibility index (Phi) is 3.63. The molecule has 7 heteroatoms.